The van der Waals surface area contributed by atoms with Crippen LogP contribution in [0.25, 0.3) is 0 Å². The number of piperidine rings is 1. The quantitative estimate of drug-likeness (QED) is 0.894. The van der Waals surface area contributed by atoms with Gasteiger partial charge in [-0.3, -0.25) is 0 Å². The summed E-state index contributed by atoms with van der Waals surface area (Å²) < 4.78 is 37.5. The first-order chi connectivity index (χ1) is 11.0. The van der Waals surface area contributed by atoms with Crippen LogP contribution in [0.4, 0.5) is 4.79 Å². The molecule has 1 aromatic carbocycles. The Bertz CT molecular complexity index is 678. The van der Waals surface area contributed by atoms with Crippen LogP contribution in [0.15, 0.2) is 29.2 Å². The van der Waals surface area contributed by atoms with Gasteiger partial charge in [-0.2, -0.15) is 4.31 Å². The summed E-state index contributed by atoms with van der Waals surface area (Å²) in [5.41, 5.74) is -0.554. The van der Waals surface area contributed by atoms with Crippen molar-refractivity contribution in [2.75, 3.05) is 26.2 Å². The zero-order valence-corrected chi connectivity index (χ0v) is 13.8. The lowest BCUT2D eigenvalue weighted by Crippen LogP contribution is -2.48. The Kier molecular flexibility index (Phi) is 4.20. The molecule has 23 heavy (non-hydrogen) atoms. The van der Waals surface area contributed by atoms with Gasteiger partial charge in [0.1, 0.15) is 11.4 Å². The number of alkyl carbamates (subject to hydrolysis) is 1. The monoisotopic (exact) mass is 340 g/mol. The average molecular weight is 340 g/mol. The van der Waals surface area contributed by atoms with Gasteiger partial charge in [0.2, 0.25) is 10.0 Å². The number of sulfonamides is 1. The van der Waals surface area contributed by atoms with Crippen LogP contribution in [0.3, 0.4) is 0 Å². The molecular formula is C15H20N2O5S. The summed E-state index contributed by atoms with van der Waals surface area (Å²) >= 11 is 0. The normalized spacial score (nSPS) is 21.0. The molecule has 2 saturated heterocycles. The van der Waals surface area contributed by atoms with E-state index in [1.807, 2.05) is 6.92 Å². The van der Waals surface area contributed by atoms with Gasteiger partial charge in [0, 0.05) is 25.9 Å². The van der Waals surface area contributed by atoms with Crippen molar-refractivity contribution in [1.82, 2.24) is 9.62 Å². The molecule has 3 rings (SSSR count). The lowest BCUT2D eigenvalue weighted by atomic mass is 9.93. The molecule has 2 heterocycles. The minimum atomic E-state index is -3.54. The highest BCUT2D eigenvalue weighted by atomic mass is 32.2. The van der Waals surface area contributed by atoms with Gasteiger partial charge in [0.15, 0.2) is 0 Å². The van der Waals surface area contributed by atoms with Gasteiger partial charge in [0.05, 0.1) is 18.0 Å². The van der Waals surface area contributed by atoms with Crippen LogP contribution in [0.5, 0.6) is 5.75 Å². The molecule has 0 bridgehead atoms. The summed E-state index contributed by atoms with van der Waals surface area (Å²) in [7, 11) is -3.54. The Morgan fingerprint density at radius 1 is 1.26 bits per heavy atom. The number of hydrogen-bond acceptors (Lipinski definition) is 5. The van der Waals surface area contributed by atoms with Crippen molar-refractivity contribution in [1.29, 1.82) is 0 Å². The van der Waals surface area contributed by atoms with E-state index >= 15 is 0 Å². The third kappa shape index (κ3) is 3.13. The SMILES string of the molecule is CCOc1ccc(S(=O)(=O)N2CCC3(CC2)CNC(=O)O3)cc1. The number of ether oxygens (including phenoxy) is 2. The number of rotatable bonds is 4. The number of carbonyl (C=O) groups excluding carboxylic acids is 1. The van der Waals surface area contributed by atoms with Crippen LogP contribution in [-0.2, 0) is 14.8 Å². The van der Waals surface area contributed by atoms with Gasteiger partial charge in [-0.25, -0.2) is 13.2 Å². The van der Waals surface area contributed by atoms with Gasteiger partial charge < -0.3 is 14.8 Å². The molecular weight excluding hydrogens is 320 g/mol. The molecule has 126 valence electrons. The van der Waals surface area contributed by atoms with E-state index in [0.717, 1.165) is 0 Å². The van der Waals surface area contributed by atoms with Crippen LogP contribution >= 0.6 is 0 Å². The maximum Gasteiger partial charge on any atom is 0.407 e. The standard InChI is InChI=1S/C15H20N2O5S/c1-2-21-12-3-5-13(6-4-12)23(19,20)17-9-7-15(8-10-17)11-16-14(18)22-15/h3-6H,2,7-11H2,1H3,(H,16,18). The van der Waals surface area contributed by atoms with Crippen LogP contribution in [-0.4, -0.2) is 50.7 Å². The molecule has 8 heteroatoms. The molecule has 7 nitrogen and oxygen atoms in total. The summed E-state index contributed by atoms with van der Waals surface area (Å²) in [4.78, 5) is 11.5. The number of carbonyl (C=O) groups is 1. The first-order valence-corrected chi connectivity index (χ1v) is 9.09. The van der Waals surface area contributed by atoms with Crippen molar-refractivity contribution in [3.05, 3.63) is 24.3 Å². The molecule has 0 aromatic heterocycles. The van der Waals surface area contributed by atoms with E-state index in [4.69, 9.17) is 9.47 Å². The third-order valence-corrected chi connectivity index (χ3v) is 6.18. The Labute approximate surface area is 135 Å². The van der Waals surface area contributed by atoms with E-state index in [1.54, 1.807) is 24.3 Å². The van der Waals surface area contributed by atoms with Crippen molar-refractivity contribution in [3.8, 4) is 5.75 Å². The van der Waals surface area contributed by atoms with Crippen LogP contribution in [0.2, 0.25) is 0 Å². The van der Waals surface area contributed by atoms with Gasteiger partial charge in [0.25, 0.3) is 0 Å². The number of nitrogens with zero attached hydrogens (tertiary/aromatic N) is 1. The predicted molar refractivity (Wildman–Crippen MR) is 82.8 cm³/mol. The Balaban J connectivity index is 1.70. The van der Waals surface area contributed by atoms with Crippen molar-refractivity contribution in [2.45, 2.75) is 30.3 Å². The molecule has 0 radical (unpaired) electrons. The van der Waals surface area contributed by atoms with E-state index in [2.05, 4.69) is 5.32 Å². The van der Waals surface area contributed by atoms with E-state index in [-0.39, 0.29) is 4.90 Å². The van der Waals surface area contributed by atoms with Gasteiger partial charge in [-0.1, -0.05) is 0 Å². The van der Waals surface area contributed by atoms with E-state index < -0.39 is 21.7 Å². The van der Waals surface area contributed by atoms with Gasteiger partial charge in [-0.05, 0) is 31.2 Å². The van der Waals surface area contributed by atoms with Gasteiger partial charge in [-0.15, -0.1) is 0 Å². The Hall–Kier alpha value is -1.80. The summed E-state index contributed by atoms with van der Waals surface area (Å²) in [5.74, 6) is 0.646. The minimum Gasteiger partial charge on any atom is -0.494 e. The number of nitrogens with one attached hydrogen (secondary N) is 1. The van der Waals surface area contributed by atoms with E-state index in [9.17, 15) is 13.2 Å². The summed E-state index contributed by atoms with van der Waals surface area (Å²) in [5, 5.41) is 2.64. The molecule has 0 unspecified atom stereocenters. The van der Waals surface area contributed by atoms with Crippen LogP contribution in [0, 0.1) is 0 Å². The molecule has 2 aliphatic rings. The maximum absolute atomic E-state index is 12.7. The smallest absolute Gasteiger partial charge is 0.407 e. The zero-order chi connectivity index (χ0) is 16.5. The molecule has 1 amide bonds. The zero-order valence-electron chi connectivity index (χ0n) is 12.9. The van der Waals surface area contributed by atoms with Crippen molar-refractivity contribution in [3.63, 3.8) is 0 Å². The van der Waals surface area contributed by atoms with E-state index in [1.165, 1.54) is 4.31 Å². The summed E-state index contributed by atoms with van der Waals surface area (Å²) in [6.45, 7) is 3.53. The van der Waals surface area contributed by atoms with Crippen molar-refractivity contribution in [2.24, 2.45) is 0 Å². The second kappa shape index (κ2) is 6.01. The summed E-state index contributed by atoms with van der Waals surface area (Å²) in [6.07, 6.45) is 0.581. The molecule has 0 aliphatic carbocycles. The molecule has 1 aromatic rings. The number of benzene rings is 1. The molecule has 2 aliphatic heterocycles. The average Bonchev–Trinajstić information content (AvgIpc) is 2.89. The fourth-order valence-electron chi connectivity index (χ4n) is 2.94. The highest BCUT2D eigenvalue weighted by Gasteiger charge is 2.45. The van der Waals surface area contributed by atoms with Crippen molar-refractivity contribution >= 4 is 16.1 Å². The molecule has 0 atom stereocenters. The highest BCUT2D eigenvalue weighted by molar-refractivity contribution is 7.89. The van der Waals surface area contributed by atoms with E-state index in [0.29, 0.717) is 44.8 Å². The summed E-state index contributed by atoms with van der Waals surface area (Å²) in [6, 6.07) is 6.43. The first-order valence-electron chi connectivity index (χ1n) is 7.65. The first kappa shape index (κ1) is 16.1. The third-order valence-electron chi connectivity index (χ3n) is 4.27. The molecule has 1 N–H and O–H groups in total. The fraction of sp³-hybridized carbons (Fsp3) is 0.533. The van der Waals surface area contributed by atoms with Crippen molar-refractivity contribution < 1.29 is 22.7 Å². The Morgan fingerprint density at radius 2 is 1.91 bits per heavy atom. The number of amides is 1. The lowest BCUT2D eigenvalue weighted by molar-refractivity contribution is 0.0173. The van der Waals surface area contributed by atoms with Crippen LogP contribution in [0.1, 0.15) is 19.8 Å². The second-order valence-electron chi connectivity index (χ2n) is 5.73. The fourth-order valence-corrected chi connectivity index (χ4v) is 4.38. The second-order valence-corrected chi connectivity index (χ2v) is 7.67. The molecule has 1 spiro atoms. The minimum absolute atomic E-state index is 0.249. The largest absolute Gasteiger partial charge is 0.494 e. The predicted octanol–water partition coefficient (Wildman–Crippen LogP) is 1.35. The Morgan fingerprint density at radius 3 is 2.43 bits per heavy atom. The number of hydrogen-bond donors (Lipinski definition) is 1. The molecule has 2 fully saturated rings. The van der Waals surface area contributed by atoms with Gasteiger partial charge >= 0.3 is 6.09 Å². The maximum atomic E-state index is 12.7. The molecule has 0 saturated carbocycles. The van der Waals surface area contributed by atoms with Crippen LogP contribution < -0.4 is 10.1 Å². The lowest BCUT2D eigenvalue weighted by Gasteiger charge is -2.36. The topological polar surface area (TPSA) is 84.9 Å². The highest BCUT2D eigenvalue weighted by Crippen LogP contribution is 2.32.